The average molecular weight is 156 g/mol. The number of nitrogens with zero attached hydrogens (tertiary/aromatic N) is 1. The summed E-state index contributed by atoms with van der Waals surface area (Å²) in [5, 5.41) is 11.4. The van der Waals surface area contributed by atoms with Crippen molar-refractivity contribution in [2.24, 2.45) is 0 Å². The molecule has 0 radical (unpaired) electrons. The topological polar surface area (TPSA) is 58.3 Å². The van der Waals surface area contributed by atoms with Crippen molar-refractivity contribution in [2.75, 3.05) is 13.2 Å². The van der Waals surface area contributed by atoms with Crippen molar-refractivity contribution in [3.63, 3.8) is 0 Å². The normalized spacial score (nSPS) is 10.4. The van der Waals surface area contributed by atoms with Crippen LogP contribution in [0.25, 0.3) is 0 Å². The van der Waals surface area contributed by atoms with Gasteiger partial charge in [0.05, 0.1) is 19.3 Å². The van der Waals surface area contributed by atoms with E-state index in [1.54, 1.807) is 6.20 Å². The molecular formula is C7H12N2O2. The van der Waals surface area contributed by atoms with Gasteiger partial charge in [0.2, 0.25) is 5.89 Å². The van der Waals surface area contributed by atoms with Crippen molar-refractivity contribution in [1.82, 2.24) is 10.3 Å². The molecule has 0 fully saturated rings. The lowest BCUT2D eigenvalue weighted by molar-refractivity contribution is 0.289. The fourth-order valence-corrected chi connectivity index (χ4v) is 0.758. The van der Waals surface area contributed by atoms with Crippen LogP contribution >= 0.6 is 0 Å². The summed E-state index contributed by atoms with van der Waals surface area (Å²) < 4.78 is 5.17. The smallest absolute Gasteiger partial charge is 0.208 e. The van der Waals surface area contributed by atoms with Gasteiger partial charge in [0.25, 0.3) is 0 Å². The van der Waals surface area contributed by atoms with Gasteiger partial charge in [0.15, 0.2) is 0 Å². The second-order valence-corrected chi connectivity index (χ2v) is 2.27. The summed E-state index contributed by atoms with van der Waals surface area (Å²) in [6, 6.07) is 0. The maximum atomic E-state index is 8.44. The minimum Gasteiger partial charge on any atom is -0.445 e. The van der Waals surface area contributed by atoms with Crippen molar-refractivity contribution in [2.45, 2.75) is 13.5 Å². The van der Waals surface area contributed by atoms with Crippen LogP contribution in [0.2, 0.25) is 0 Å². The van der Waals surface area contributed by atoms with Crippen molar-refractivity contribution >= 4 is 0 Å². The summed E-state index contributed by atoms with van der Waals surface area (Å²) in [5.41, 5.74) is 0. The highest BCUT2D eigenvalue weighted by atomic mass is 16.4. The molecule has 0 saturated carbocycles. The van der Waals surface area contributed by atoms with Gasteiger partial charge in [-0.1, -0.05) is 0 Å². The lowest BCUT2D eigenvalue weighted by atomic mass is 10.6. The number of hydrogen-bond acceptors (Lipinski definition) is 4. The second-order valence-electron chi connectivity index (χ2n) is 2.27. The molecule has 4 heteroatoms. The Morgan fingerprint density at radius 1 is 1.73 bits per heavy atom. The van der Waals surface area contributed by atoms with Gasteiger partial charge in [0, 0.05) is 6.54 Å². The molecule has 0 unspecified atom stereocenters. The molecule has 4 nitrogen and oxygen atoms in total. The molecule has 0 aliphatic heterocycles. The van der Waals surface area contributed by atoms with Crippen LogP contribution < -0.4 is 5.32 Å². The number of aliphatic hydroxyl groups excluding tert-OH is 1. The zero-order valence-corrected chi connectivity index (χ0v) is 6.50. The molecule has 1 aromatic heterocycles. The Balaban J connectivity index is 2.27. The summed E-state index contributed by atoms with van der Waals surface area (Å²) in [6.07, 6.45) is 1.68. The van der Waals surface area contributed by atoms with Gasteiger partial charge in [0.1, 0.15) is 5.76 Å². The van der Waals surface area contributed by atoms with Gasteiger partial charge < -0.3 is 14.8 Å². The van der Waals surface area contributed by atoms with E-state index in [4.69, 9.17) is 9.52 Å². The van der Waals surface area contributed by atoms with Gasteiger partial charge in [-0.3, -0.25) is 0 Å². The van der Waals surface area contributed by atoms with Crippen molar-refractivity contribution in [3.8, 4) is 0 Å². The van der Waals surface area contributed by atoms with Gasteiger partial charge in [-0.2, -0.15) is 0 Å². The largest absolute Gasteiger partial charge is 0.445 e. The lowest BCUT2D eigenvalue weighted by Gasteiger charge is -1.96. The van der Waals surface area contributed by atoms with Crippen molar-refractivity contribution in [1.29, 1.82) is 0 Å². The minimum atomic E-state index is 0.139. The number of hydrogen-bond donors (Lipinski definition) is 2. The fourth-order valence-electron chi connectivity index (χ4n) is 0.758. The first-order chi connectivity index (χ1) is 5.33. The maximum absolute atomic E-state index is 8.44. The average Bonchev–Trinajstić information content (AvgIpc) is 2.37. The van der Waals surface area contributed by atoms with E-state index in [1.807, 2.05) is 6.92 Å². The Morgan fingerprint density at radius 3 is 3.09 bits per heavy atom. The molecule has 0 aromatic carbocycles. The Kier molecular flexibility index (Phi) is 3.07. The van der Waals surface area contributed by atoms with Gasteiger partial charge in [-0.25, -0.2) is 4.98 Å². The lowest BCUT2D eigenvalue weighted by Crippen LogP contribution is -2.17. The third-order valence-corrected chi connectivity index (χ3v) is 1.23. The van der Waals surface area contributed by atoms with Crippen LogP contribution in [0.3, 0.4) is 0 Å². The molecule has 0 bridgehead atoms. The van der Waals surface area contributed by atoms with Crippen LogP contribution in [0.15, 0.2) is 10.6 Å². The van der Waals surface area contributed by atoms with E-state index in [-0.39, 0.29) is 6.61 Å². The zero-order chi connectivity index (χ0) is 8.10. The summed E-state index contributed by atoms with van der Waals surface area (Å²) in [6.45, 7) is 3.14. The molecule has 0 amide bonds. The highest BCUT2D eigenvalue weighted by molar-refractivity contribution is 4.90. The highest BCUT2D eigenvalue weighted by Crippen LogP contribution is 1.99. The third-order valence-electron chi connectivity index (χ3n) is 1.23. The molecule has 0 spiro atoms. The number of oxazole rings is 1. The number of aryl methyl sites for hydroxylation is 1. The van der Waals surface area contributed by atoms with Crippen LogP contribution in [-0.2, 0) is 6.54 Å². The Morgan fingerprint density at radius 2 is 2.55 bits per heavy atom. The summed E-state index contributed by atoms with van der Waals surface area (Å²) in [5.74, 6) is 1.47. The number of rotatable bonds is 4. The van der Waals surface area contributed by atoms with Crippen molar-refractivity contribution < 1.29 is 9.52 Å². The molecule has 1 rings (SSSR count). The number of nitrogens with one attached hydrogen (secondary N) is 1. The molecular weight excluding hydrogens is 144 g/mol. The molecule has 1 heterocycles. The predicted molar refractivity (Wildman–Crippen MR) is 40.0 cm³/mol. The predicted octanol–water partition coefficient (Wildman–Crippen LogP) is 0.0649. The minimum absolute atomic E-state index is 0.139. The second kappa shape index (κ2) is 4.10. The summed E-state index contributed by atoms with van der Waals surface area (Å²) in [7, 11) is 0. The standard InChI is InChI=1S/C7H12N2O2/c1-6-4-9-7(11-6)5-8-2-3-10/h4,8,10H,2-3,5H2,1H3. The SMILES string of the molecule is Cc1cnc(CNCCO)o1. The van der Waals surface area contributed by atoms with E-state index in [2.05, 4.69) is 10.3 Å². The van der Waals surface area contributed by atoms with Crippen LogP contribution in [0, 0.1) is 6.92 Å². The molecule has 0 atom stereocenters. The molecule has 1 aromatic rings. The fraction of sp³-hybridized carbons (Fsp3) is 0.571. The van der Waals surface area contributed by atoms with Crippen LogP contribution in [0.4, 0.5) is 0 Å². The van der Waals surface area contributed by atoms with E-state index in [9.17, 15) is 0 Å². The van der Waals surface area contributed by atoms with Crippen LogP contribution in [0.5, 0.6) is 0 Å². The van der Waals surface area contributed by atoms with Gasteiger partial charge in [-0.15, -0.1) is 0 Å². The first-order valence-electron chi connectivity index (χ1n) is 3.56. The first kappa shape index (κ1) is 8.23. The third kappa shape index (κ3) is 2.69. The Hall–Kier alpha value is -0.870. The Bertz CT molecular complexity index is 210. The van der Waals surface area contributed by atoms with Crippen LogP contribution in [0.1, 0.15) is 11.7 Å². The highest BCUT2D eigenvalue weighted by Gasteiger charge is 1.97. The molecule has 0 saturated heterocycles. The van der Waals surface area contributed by atoms with Crippen LogP contribution in [-0.4, -0.2) is 23.2 Å². The molecule has 0 aliphatic rings. The summed E-state index contributed by atoms with van der Waals surface area (Å²) >= 11 is 0. The quantitative estimate of drug-likeness (QED) is 0.605. The first-order valence-corrected chi connectivity index (χ1v) is 3.56. The van der Waals surface area contributed by atoms with E-state index < -0.39 is 0 Å². The zero-order valence-electron chi connectivity index (χ0n) is 6.50. The van der Waals surface area contributed by atoms with E-state index in [1.165, 1.54) is 0 Å². The van der Waals surface area contributed by atoms with Crippen molar-refractivity contribution in [3.05, 3.63) is 17.8 Å². The monoisotopic (exact) mass is 156 g/mol. The maximum Gasteiger partial charge on any atom is 0.208 e. The molecule has 0 aliphatic carbocycles. The molecule has 11 heavy (non-hydrogen) atoms. The van der Waals surface area contributed by atoms with Gasteiger partial charge in [-0.05, 0) is 6.92 Å². The molecule has 62 valence electrons. The molecule has 2 N–H and O–H groups in total. The Labute approximate surface area is 65.2 Å². The van der Waals surface area contributed by atoms with Gasteiger partial charge >= 0.3 is 0 Å². The summed E-state index contributed by atoms with van der Waals surface area (Å²) in [4.78, 5) is 3.98. The number of aromatic nitrogens is 1. The number of aliphatic hydroxyl groups is 1. The van der Waals surface area contributed by atoms with E-state index in [0.717, 1.165) is 5.76 Å². The van der Waals surface area contributed by atoms with E-state index in [0.29, 0.717) is 19.0 Å². The van der Waals surface area contributed by atoms with E-state index >= 15 is 0 Å².